The van der Waals surface area contributed by atoms with Crippen LogP contribution in [0.4, 0.5) is 0 Å². The van der Waals surface area contributed by atoms with E-state index in [1.807, 2.05) is 20.8 Å². The molecule has 9 heteroatoms. The summed E-state index contributed by atoms with van der Waals surface area (Å²) >= 11 is 0. The molecular formula is C15H25BN4O4. The van der Waals surface area contributed by atoms with E-state index in [1.54, 1.807) is 0 Å². The molecule has 0 aromatic carbocycles. The van der Waals surface area contributed by atoms with Crippen molar-refractivity contribution in [3.63, 3.8) is 0 Å². The van der Waals surface area contributed by atoms with Crippen molar-refractivity contribution in [3.05, 3.63) is 24.3 Å². The molecule has 0 spiro atoms. The minimum absolute atomic E-state index is 0.0896. The zero-order chi connectivity index (χ0) is 18.5. The third-order valence-electron chi connectivity index (χ3n) is 3.30. The summed E-state index contributed by atoms with van der Waals surface area (Å²) < 4.78 is 0. The van der Waals surface area contributed by atoms with Crippen LogP contribution in [-0.4, -0.2) is 50.4 Å². The quantitative estimate of drug-likeness (QED) is 0.539. The van der Waals surface area contributed by atoms with Crippen molar-refractivity contribution in [2.24, 2.45) is 5.41 Å². The van der Waals surface area contributed by atoms with Crippen molar-refractivity contribution in [2.45, 2.75) is 52.5 Å². The Kier molecular flexibility index (Phi) is 6.45. The van der Waals surface area contributed by atoms with Crippen LogP contribution in [0.5, 0.6) is 0 Å². The minimum atomic E-state index is -1.69. The predicted octanol–water partition coefficient (Wildman–Crippen LogP) is -0.0820. The van der Waals surface area contributed by atoms with Gasteiger partial charge in [-0.25, -0.2) is 4.98 Å². The topological polar surface area (TPSA) is 124 Å². The molecule has 0 bridgehead atoms. The molecule has 24 heavy (non-hydrogen) atoms. The normalized spacial score (nSPS) is 13.1. The Hall–Kier alpha value is -2.00. The molecule has 1 heterocycles. The van der Waals surface area contributed by atoms with E-state index in [-0.39, 0.29) is 11.1 Å². The van der Waals surface area contributed by atoms with E-state index in [4.69, 9.17) is 0 Å². The molecule has 1 rings (SSSR count). The van der Waals surface area contributed by atoms with Crippen LogP contribution in [0.1, 0.15) is 51.5 Å². The zero-order valence-electron chi connectivity index (χ0n) is 14.7. The van der Waals surface area contributed by atoms with Gasteiger partial charge in [0, 0.05) is 12.4 Å². The molecule has 0 aliphatic carbocycles. The van der Waals surface area contributed by atoms with Gasteiger partial charge < -0.3 is 20.7 Å². The summed E-state index contributed by atoms with van der Waals surface area (Å²) in [5.41, 5.74) is -1.39. The van der Waals surface area contributed by atoms with Crippen molar-refractivity contribution >= 4 is 18.9 Å². The summed E-state index contributed by atoms with van der Waals surface area (Å²) in [5.74, 6) is -1.91. The molecule has 0 saturated heterocycles. The molecule has 0 unspecified atom stereocenters. The number of amides is 2. The molecule has 8 nitrogen and oxygen atoms in total. The number of rotatable bonds is 6. The predicted molar refractivity (Wildman–Crippen MR) is 89.8 cm³/mol. The van der Waals surface area contributed by atoms with Crippen LogP contribution < -0.4 is 10.6 Å². The largest absolute Gasteiger partial charge is 0.475 e. The Bertz CT molecular complexity index is 573. The van der Waals surface area contributed by atoms with Crippen LogP contribution in [0.15, 0.2) is 18.6 Å². The first-order valence-electron chi connectivity index (χ1n) is 7.68. The third kappa shape index (κ3) is 6.25. The van der Waals surface area contributed by atoms with Gasteiger partial charge in [-0.15, -0.1) is 0 Å². The van der Waals surface area contributed by atoms with Gasteiger partial charge in [0.05, 0.1) is 12.1 Å². The van der Waals surface area contributed by atoms with E-state index in [0.717, 1.165) is 0 Å². The van der Waals surface area contributed by atoms with Crippen molar-refractivity contribution < 1.29 is 19.6 Å². The summed E-state index contributed by atoms with van der Waals surface area (Å²) in [6.45, 7) is 8.82. The average molecular weight is 336 g/mol. The SMILES string of the molecule is CC(C)(C)C[C@H](NC(=O)C(C)(C)NC(=O)c1cnccn1)B(O)O. The third-order valence-corrected chi connectivity index (χ3v) is 3.30. The molecular weight excluding hydrogens is 311 g/mol. The van der Waals surface area contributed by atoms with Gasteiger partial charge in [-0.2, -0.15) is 0 Å². The molecule has 0 aliphatic heterocycles. The van der Waals surface area contributed by atoms with E-state index >= 15 is 0 Å². The molecule has 132 valence electrons. The highest BCUT2D eigenvalue weighted by molar-refractivity contribution is 6.43. The van der Waals surface area contributed by atoms with E-state index < -0.39 is 30.4 Å². The number of carbonyl (C=O) groups excluding carboxylic acids is 2. The second-order valence-electron chi connectivity index (χ2n) is 7.43. The molecule has 0 fully saturated rings. The van der Waals surface area contributed by atoms with Crippen LogP contribution in [-0.2, 0) is 4.79 Å². The fraction of sp³-hybridized carbons (Fsp3) is 0.600. The van der Waals surface area contributed by atoms with Gasteiger partial charge in [-0.05, 0) is 25.7 Å². The van der Waals surface area contributed by atoms with Crippen LogP contribution >= 0.6 is 0 Å². The van der Waals surface area contributed by atoms with Crippen LogP contribution in [0.25, 0.3) is 0 Å². The van der Waals surface area contributed by atoms with Gasteiger partial charge in [0.1, 0.15) is 11.2 Å². The second kappa shape index (κ2) is 7.72. The highest BCUT2D eigenvalue weighted by Crippen LogP contribution is 2.21. The number of nitrogens with zero attached hydrogens (tertiary/aromatic N) is 2. The lowest BCUT2D eigenvalue weighted by atomic mass is 9.71. The van der Waals surface area contributed by atoms with Gasteiger partial charge in [-0.1, -0.05) is 20.8 Å². The van der Waals surface area contributed by atoms with Gasteiger partial charge >= 0.3 is 7.12 Å². The molecule has 1 atom stereocenters. The number of hydrogen-bond donors (Lipinski definition) is 4. The molecule has 0 aliphatic rings. The van der Waals surface area contributed by atoms with Gasteiger partial charge in [0.2, 0.25) is 5.91 Å². The first kappa shape index (κ1) is 20.1. The second-order valence-corrected chi connectivity index (χ2v) is 7.43. The molecule has 1 aromatic rings. The van der Waals surface area contributed by atoms with Crippen molar-refractivity contribution in [1.82, 2.24) is 20.6 Å². The van der Waals surface area contributed by atoms with Crippen LogP contribution in [0.3, 0.4) is 0 Å². The van der Waals surface area contributed by atoms with E-state index in [2.05, 4.69) is 20.6 Å². The fourth-order valence-corrected chi connectivity index (χ4v) is 2.06. The maximum absolute atomic E-state index is 12.4. The monoisotopic (exact) mass is 336 g/mol. The Morgan fingerprint density at radius 3 is 2.29 bits per heavy atom. The highest BCUT2D eigenvalue weighted by atomic mass is 16.4. The summed E-state index contributed by atoms with van der Waals surface area (Å²) in [7, 11) is -1.69. The minimum Gasteiger partial charge on any atom is -0.426 e. The van der Waals surface area contributed by atoms with Crippen LogP contribution in [0, 0.1) is 5.41 Å². The van der Waals surface area contributed by atoms with Gasteiger partial charge in [-0.3, -0.25) is 14.6 Å². The molecule has 0 saturated carbocycles. The Balaban J connectivity index is 2.78. The maximum atomic E-state index is 12.4. The number of aromatic nitrogens is 2. The summed E-state index contributed by atoms with van der Waals surface area (Å²) in [6.07, 6.45) is 4.48. The number of carbonyl (C=O) groups is 2. The van der Waals surface area contributed by atoms with Crippen molar-refractivity contribution in [3.8, 4) is 0 Å². The van der Waals surface area contributed by atoms with Gasteiger partial charge in [0.25, 0.3) is 5.91 Å². The lowest BCUT2D eigenvalue weighted by Crippen LogP contribution is -2.59. The molecule has 2 amide bonds. The first-order chi connectivity index (χ1) is 10.9. The molecule has 0 radical (unpaired) electrons. The molecule has 4 N–H and O–H groups in total. The molecule has 1 aromatic heterocycles. The van der Waals surface area contributed by atoms with E-state index in [1.165, 1.54) is 32.4 Å². The Morgan fingerprint density at radius 1 is 1.21 bits per heavy atom. The number of nitrogens with one attached hydrogen (secondary N) is 2. The smallest absolute Gasteiger partial charge is 0.426 e. The maximum Gasteiger partial charge on any atom is 0.475 e. The van der Waals surface area contributed by atoms with Crippen molar-refractivity contribution in [2.75, 3.05) is 0 Å². The lowest BCUT2D eigenvalue weighted by Gasteiger charge is -2.31. The highest BCUT2D eigenvalue weighted by Gasteiger charge is 2.36. The zero-order valence-corrected chi connectivity index (χ0v) is 14.7. The average Bonchev–Trinajstić information content (AvgIpc) is 2.45. The fourth-order valence-electron chi connectivity index (χ4n) is 2.06. The van der Waals surface area contributed by atoms with E-state index in [0.29, 0.717) is 6.42 Å². The Morgan fingerprint density at radius 2 is 1.83 bits per heavy atom. The number of hydrogen-bond acceptors (Lipinski definition) is 6. The summed E-state index contributed by atoms with van der Waals surface area (Å²) in [4.78, 5) is 32.2. The van der Waals surface area contributed by atoms with Crippen molar-refractivity contribution in [1.29, 1.82) is 0 Å². The lowest BCUT2D eigenvalue weighted by molar-refractivity contribution is -0.126. The van der Waals surface area contributed by atoms with Gasteiger partial charge in [0.15, 0.2) is 0 Å². The first-order valence-corrected chi connectivity index (χ1v) is 7.68. The summed E-state index contributed by atoms with van der Waals surface area (Å²) in [6, 6.07) is 0. The van der Waals surface area contributed by atoms with E-state index in [9.17, 15) is 19.6 Å². The standard InChI is InChI=1S/C15H25BN4O4/c1-14(2,3)8-11(16(23)24)19-13(22)15(4,5)20-12(21)10-9-17-6-7-18-10/h6-7,9,11,23-24H,8H2,1-5H3,(H,19,22)(H,20,21)/t11-/m0/s1. The Labute approximate surface area is 142 Å². The van der Waals surface area contributed by atoms with Crippen LogP contribution in [0.2, 0.25) is 0 Å². The summed E-state index contributed by atoms with van der Waals surface area (Å²) in [5, 5.41) is 24.1.